The second-order valence-corrected chi connectivity index (χ2v) is 8.84. The lowest BCUT2D eigenvalue weighted by atomic mass is 9.79. The van der Waals surface area contributed by atoms with Crippen molar-refractivity contribution >= 4 is 33.0 Å². The molecule has 0 bridgehead atoms. The van der Waals surface area contributed by atoms with E-state index in [1.807, 2.05) is 21.7 Å². The van der Waals surface area contributed by atoms with Crippen LogP contribution in [0.15, 0.2) is 16.8 Å². The Labute approximate surface area is 129 Å². The molecule has 0 radical (unpaired) electrons. The number of nitrogens with zero attached hydrogens (tertiary/aromatic N) is 2. The topological polar surface area (TPSA) is 57.7 Å². The maximum atomic E-state index is 12.9. The van der Waals surface area contributed by atoms with Gasteiger partial charge in [-0.25, -0.2) is 12.7 Å². The fourth-order valence-corrected chi connectivity index (χ4v) is 5.22. The molecule has 0 aliphatic carbocycles. The van der Waals surface area contributed by atoms with Crippen LogP contribution < -0.4 is 4.90 Å². The highest BCUT2D eigenvalue weighted by molar-refractivity contribution is 7.89. The van der Waals surface area contributed by atoms with E-state index in [1.165, 1.54) is 4.31 Å². The molecule has 2 fully saturated rings. The Morgan fingerprint density at radius 1 is 1.33 bits per heavy atom. The van der Waals surface area contributed by atoms with Crippen LogP contribution in [0.3, 0.4) is 0 Å². The van der Waals surface area contributed by atoms with Gasteiger partial charge in [0.1, 0.15) is 0 Å². The molecule has 2 aliphatic rings. The van der Waals surface area contributed by atoms with Gasteiger partial charge in [0.15, 0.2) is 0 Å². The predicted molar refractivity (Wildman–Crippen MR) is 84.0 cm³/mol. The number of sulfonamides is 1. The van der Waals surface area contributed by atoms with Crippen molar-refractivity contribution in [1.82, 2.24) is 4.31 Å². The van der Waals surface area contributed by atoms with E-state index in [-0.39, 0.29) is 11.7 Å². The van der Waals surface area contributed by atoms with E-state index < -0.39 is 15.4 Å². The lowest BCUT2D eigenvalue weighted by Gasteiger charge is -2.38. The first-order valence-electron chi connectivity index (χ1n) is 7.30. The molecule has 1 atom stereocenters. The van der Waals surface area contributed by atoms with E-state index in [4.69, 9.17) is 0 Å². The van der Waals surface area contributed by atoms with Gasteiger partial charge in [-0.1, -0.05) is 0 Å². The van der Waals surface area contributed by atoms with Gasteiger partial charge in [-0.05, 0) is 37.6 Å². The maximum Gasteiger partial charge on any atom is 0.234 e. The highest BCUT2D eigenvalue weighted by Gasteiger charge is 2.50. The van der Waals surface area contributed by atoms with Crippen LogP contribution in [0.1, 0.15) is 26.2 Å². The molecule has 2 aliphatic heterocycles. The molecule has 21 heavy (non-hydrogen) atoms. The summed E-state index contributed by atoms with van der Waals surface area (Å²) >= 11 is 1.57. The molecule has 0 unspecified atom stereocenters. The van der Waals surface area contributed by atoms with Crippen LogP contribution in [0, 0.1) is 5.41 Å². The van der Waals surface area contributed by atoms with Gasteiger partial charge in [0.25, 0.3) is 0 Å². The number of amides is 1. The first-order chi connectivity index (χ1) is 9.98. The van der Waals surface area contributed by atoms with Crippen molar-refractivity contribution in [2.24, 2.45) is 5.41 Å². The molecule has 0 aromatic carbocycles. The van der Waals surface area contributed by atoms with E-state index in [9.17, 15) is 13.2 Å². The van der Waals surface area contributed by atoms with Crippen molar-refractivity contribution < 1.29 is 13.2 Å². The van der Waals surface area contributed by atoms with Crippen molar-refractivity contribution in [3.63, 3.8) is 0 Å². The Balaban J connectivity index is 1.84. The van der Waals surface area contributed by atoms with Gasteiger partial charge in [-0.15, -0.1) is 0 Å². The molecular weight excluding hydrogens is 308 g/mol. The second kappa shape index (κ2) is 5.37. The van der Waals surface area contributed by atoms with Gasteiger partial charge in [0.05, 0.1) is 16.9 Å². The minimum absolute atomic E-state index is 0.0944. The number of carbonyl (C=O) groups is 1. The minimum atomic E-state index is -3.21. The molecule has 1 aromatic rings. The smallest absolute Gasteiger partial charge is 0.234 e. The maximum absolute atomic E-state index is 12.9. The van der Waals surface area contributed by atoms with Crippen LogP contribution in [-0.2, 0) is 14.8 Å². The van der Waals surface area contributed by atoms with E-state index in [0.717, 1.165) is 24.9 Å². The van der Waals surface area contributed by atoms with Gasteiger partial charge in [0, 0.05) is 25.0 Å². The van der Waals surface area contributed by atoms with Crippen molar-refractivity contribution in [1.29, 1.82) is 0 Å². The summed E-state index contributed by atoms with van der Waals surface area (Å²) in [7, 11) is -3.21. The average molecular weight is 328 g/mol. The SMILES string of the molecule is CCS(=O)(=O)N1CCC[C@@]2(CCN(c3ccsc3)C2=O)C1. The standard InChI is InChI=1S/C14H20N2O3S2/c1-2-21(18,19)15-7-3-5-14(11-15)6-8-16(13(14)17)12-4-9-20-10-12/h4,9-10H,2-3,5-8,11H2,1H3/t14-/m1/s1. The summed E-state index contributed by atoms with van der Waals surface area (Å²) in [6.45, 7) is 3.24. The monoisotopic (exact) mass is 328 g/mol. The van der Waals surface area contributed by atoms with Crippen LogP contribution in [0.5, 0.6) is 0 Å². The molecule has 0 saturated carbocycles. The van der Waals surface area contributed by atoms with Crippen LogP contribution in [0.4, 0.5) is 5.69 Å². The van der Waals surface area contributed by atoms with Crippen molar-refractivity contribution in [2.45, 2.75) is 26.2 Å². The van der Waals surface area contributed by atoms with E-state index >= 15 is 0 Å². The zero-order valence-corrected chi connectivity index (χ0v) is 13.8. The number of piperidine rings is 1. The number of anilines is 1. The molecule has 116 valence electrons. The number of thiophene rings is 1. The number of rotatable bonds is 3. The minimum Gasteiger partial charge on any atom is -0.311 e. The predicted octanol–water partition coefficient (Wildman–Crippen LogP) is 1.92. The summed E-state index contributed by atoms with van der Waals surface area (Å²) in [4.78, 5) is 14.7. The quantitative estimate of drug-likeness (QED) is 0.852. The second-order valence-electron chi connectivity index (χ2n) is 5.81. The molecule has 2 saturated heterocycles. The van der Waals surface area contributed by atoms with Crippen molar-refractivity contribution in [3.8, 4) is 0 Å². The fourth-order valence-electron chi connectivity index (χ4n) is 3.37. The normalized spacial score (nSPS) is 27.7. The number of carbonyl (C=O) groups excluding carboxylic acids is 1. The van der Waals surface area contributed by atoms with Crippen molar-refractivity contribution in [2.75, 3.05) is 30.3 Å². The lowest BCUT2D eigenvalue weighted by molar-refractivity contribution is -0.127. The molecule has 3 rings (SSSR count). The van der Waals surface area contributed by atoms with E-state index in [2.05, 4.69) is 0 Å². The zero-order valence-electron chi connectivity index (χ0n) is 12.1. The molecule has 0 N–H and O–H groups in total. The first-order valence-corrected chi connectivity index (χ1v) is 9.86. The molecular formula is C14H20N2O3S2. The van der Waals surface area contributed by atoms with Crippen LogP contribution in [-0.4, -0.2) is 44.0 Å². The van der Waals surface area contributed by atoms with E-state index in [1.54, 1.807) is 18.3 Å². The van der Waals surface area contributed by atoms with E-state index in [0.29, 0.717) is 19.6 Å². The largest absolute Gasteiger partial charge is 0.311 e. The number of hydrogen-bond acceptors (Lipinski definition) is 4. The zero-order chi connectivity index (χ0) is 15.1. The highest BCUT2D eigenvalue weighted by atomic mass is 32.2. The molecule has 1 spiro atoms. The Morgan fingerprint density at radius 2 is 2.14 bits per heavy atom. The lowest BCUT2D eigenvalue weighted by Crippen LogP contribution is -2.50. The summed E-state index contributed by atoms with van der Waals surface area (Å²) in [6.07, 6.45) is 2.31. The summed E-state index contributed by atoms with van der Waals surface area (Å²) in [5, 5.41) is 3.93. The third-order valence-electron chi connectivity index (χ3n) is 4.63. The molecule has 1 amide bonds. The van der Waals surface area contributed by atoms with Crippen LogP contribution in [0.25, 0.3) is 0 Å². The summed E-state index contributed by atoms with van der Waals surface area (Å²) in [5.74, 6) is 0.197. The molecule has 5 nitrogen and oxygen atoms in total. The van der Waals surface area contributed by atoms with Gasteiger partial charge in [0.2, 0.25) is 15.9 Å². The van der Waals surface area contributed by atoms with Gasteiger partial charge < -0.3 is 4.90 Å². The molecule has 7 heteroatoms. The Morgan fingerprint density at radius 3 is 2.81 bits per heavy atom. The Bertz CT molecular complexity index is 627. The number of hydrogen-bond donors (Lipinski definition) is 0. The van der Waals surface area contributed by atoms with Gasteiger partial charge in [-0.3, -0.25) is 4.79 Å². The summed E-state index contributed by atoms with van der Waals surface area (Å²) < 4.78 is 25.7. The van der Waals surface area contributed by atoms with Crippen molar-refractivity contribution in [3.05, 3.63) is 16.8 Å². The van der Waals surface area contributed by atoms with Crippen LogP contribution >= 0.6 is 11.3 Å². The average Bonchev–Trinajstić information content (AvgIpc) is 3.10. The first kappa shape index (κ1) is 15.0. The third kappa shape index (κ3) is 2.51. The Kier molecular flexibility index (Phi) is 3.83. The third-order valence-corrected chi connectivity index (χ3v) is 7.13. The fraction of sp³-hybridized carbons (Fsp3) is 0.643. The molecule has 1 aromatic heterocycles. The molecule has 3 heterocycles. The van der Waals surface area contributed by atoms with Gasteiger partial charge in [-0.2, -0.15) is 11.3 Å². The summed E-state index contributed by atoms with van der Waals surface area (Å²) in [5.41, 5.74) is 0.431. The summed E-state index contributed by atoms with van der Waals surface area (Å²) in [6, 6.07) is 1.95. The van der Waals surface area contributed by atoms with Gasteiger partial charge >= 0.3 is 0 Å². The van der Waals surface area contributed by atoms with Crippen LogP contribution in [0.2, 0.25) is 0 Å². The highest BCUT2D eigenvalue weighted by Crippen LogP contribution is 2.42. The Hall–Kier alpha value is -0.920.